The third-order valence-electron chi connectivity index (χ3n) is 7.36. The molecule has 5 rings (SSSR count). The number of phenols is 1. The van der Waals surface area contributed by atoms with Crippen molar-refractivity contribution in [1.82, 2.24) is 4.98 Å². The number of rotatable bonds is 13. The van der Waals surface area contributed by atoms with Gasteiger partial charge in [0.05, 0.1) is 36.7 Å². The Bertz CT molecular complexity index is 1570. The van der Waals surface area contributed by atoms with Crippen molar-refractivity contribution < 1.29 is 38.4 Å². The lowest BCUT2D eigenvalue weighted by Gasteiger charge is -2.19. The molecule has 0 amide bonds. The van der Waals surface area contributed by atoms with Crippen molar-refractivity contribution in [2.24, 2.45) is 5.92 Å². The molecule has 4 aromatic rings. The third-order valence-corrected chi connectivity index (χ3v) is 9.47. The highest BCUT2D eigenvalue weighted by Gasteiger charge is 2.24. The first kappa shape index (κ1) is 34.6. The topological polar surface area (TPSA) is 121 Å². The number of ether oxygens (including phenoxy) is 4. The van der Waals surface area contributed by atoms with Gasteiger partial charge in [0.25, 0.3) is 0 Å². The molecule has 46 heavy (non-hydrogen) atoms. The number of methoxy groups -OCH3 is 1. The van der Waals surface area contributed by atoms with E-state index in [9.17, 15) is 19.5 Å². The van der Waals surface area contributed by atoms with E-state index in [1.807, 2.05) is 17.5 Å². The molecule has 1 fully saturated rings. The van der Waals surface area contributed by atoms with Crippen LogP contribution < -0.4 is 9.47 Å². The molecule has 11 heteroatoms. The van der Waals surface area contributed by atoms with E-state index in [4.69, 9.17) is 14.2 Å². The van der Waals surface area contributed by atoms with E-state index in [0.717, 1.165) is 71.7 Å². The highest BCUT2D eigenvalue weighted by Crippen LogP contribution is 2.41. The number of carbonyl (C=O) groups is 3. The minimum absolute atomic E-state index is 0.00714. The highest BCUT2D eigenvalue weighted by molar-refractivity contribution is 7.25. The summed E-state index contributed by atoms with van der Waals surface area (Å²) in [4.78, 5) is 40.1. The number of unbranched alkanes of at least 4 members (excludes halogenated alkanes) is 3. The molecular weight excluding hydrogens is 627 g/mol. The minimum atomic E-state index is -0.376. The minimum Gasteiger partial charge on any atom is -0.506 e. The van der Waals surface area contributed by atoms with Gasteiger partial charge in [0.2, 0.25) is 0 Å². The number of benzene rings is 2. The lowest BCUT2D eigenvalue weighted by molar-refractivity contribution is -0.140. The molecule has 2 heterocycles. The Kier molecular flexibility index (Phi) is 13.6. The summed E-state index contributed by atoms with van der Waals surface area (Å²) in [5, 5.41) is 12.9. The number of thiazole rings is 1. The summed E-state index contributed by atoms with van der Waals surface area (Å²) in [6, 6.07) is 14.0. The summed E-state index contributed by atoms with van der Waals surface area (Å²) >= 11 is 3.04. The number of aromatic nitrogens is 1. The predicted octanol–water partition coefficient (Wildman–Crippen LogP) is 8.36. The van der Waals surface area contributed by atoms with Gasteiger partial charge in [-0.2, -0.15) is 0 Å². The van der Waals surface area contributed by atoms with E-state index < -0.39 is 0 Å². The first-order chi connectivity index (χ1) is 22.4. The SMILES string of the molecule is C=CC(=O)OCCCCCCOc1ccc(C(=O)OC)cc1.O=C(Oc1ccc(O)c2nc(-c3cccs3)sc12)C1CCCCC1. The average molecular weight is 666 g/mol. The number of thiophene rings is 1. The fraction of sp³-hybridized carbons (Fsp3) is 0.371. The van der Waals surface area contributed by atoms with Crippen molar-refractivity contribution in [3.05, 3.63) is 72.1 Å². The Morgan fingerprint density at radius 3 is 2.39 bits per heavy atom. The van der Waals surface area contributed by atoms with Gasteiger partial charge in [-0.05, 0) is 86.4 Å². The summed E-state index contributed by atoms with van der Waals surface area (Å²) in [6.45, 7) is 4.38. The number of hydrogen-bond acceptors (Lipinski definition) is 11. The molecule has 0 aliphatic heterocycles. The third kappa shape index (κ3) is 10.1. The van der Waals surface area contributed by atoms with Crippen molar-refractivity contribution in [3.63, 3.8) is 0 Å². The number of nitrogens with zero attached hydrogens (tertiary/aromatic N) is 1. The summed E-state index contributed by atoms with van der Waals surface area (Å²) in [5.74, 6) is 0.440. The van der Waals surface area contributed by atoms with Gasteiger partial charge in [-0.3, -0.25) is 4.79 Å². The van der Waals surface area contributed by atoms with Crippen molar-refractivity contribution in [3.8, 4) is 27.1 Å². The molecule has 1 aliphatic rings. The summed E-state index contributed by atoms with van der Waals surface area (Å²) in [7, 11) is 1.35. The Morgan fingerprint density at radius 2 is 1.72 bits per heavy atom. The molecule has 0 unspecified atom stereocenters. The second-order valence-electron chi connectivity index (χ2n) is 10.7. The van der Waals surface area contributed by atoms with Crippen LogP contribution in [0.5, 0.6) is 17.2 Å². The van der Waals surface area contributed by atoms with Crippen LogP contribution in [0.25, 0.3) is 20.1 Å². The van der Waals surface area contributed by atoms with Gasteiger partial charge in [-0.25, -0.2) is 14.6 Å². The van der Waals surface area contributed by atoms with E-state index in [1.54, 1.807) is 47.7 Å². The van der Waals surface area contributed by atoms with Crippen molar-refractivity contribution >= 4 is 50.8 Å². The molecule has 244 valence electrons. The van der Waals surface area contributed by atoms with Crippen molar-refractivity contribution in [2.45, 2.75) is 57.8 Å². The van der Waals surface area contributed by atoms with Gasteiger partial charge >= 0.3 is 17.9 Å². The fourth-order valence-corrected chi connectivity index (χ4v) is 6.70. The molecule has 0 atom stereocenters. The predicted molar refractivity (Wildman–Crippen MR) is 180 cm³/mol. The molecule has 0 saturated heterocycles. The van der Waals surface area contributed by atoms with Gasteiger partial charge in [0.15, 0.2) is 5.75 Å². The van der Waals surface area contributed by atoms with Crippen LogP contribution in [0.3, 0.4) is 0 Å². The maximum Gasteiger partial charge on any atom is 0.337 e. The molecule has 2 aromatic carbocycles. The van der Waals surface area contributed by atoms with Crippen LogP contribution in [-0.4, -0.2) is 48.3 Å². The number of phenolic OH excluding ortho intramolecular Hbond substituents is 1. The van der Waals surface area contributed by atoms with Gasteiger partial charge in [0, 0.05) is 6.08 Å². The van der Waals surface area contributed by atoms with Crippen LogP contribution in [0.2, 0.25) is 0 Å². The maximum absolute atomic E-state index is 12.4. The lowest BCUT2D eigenvalue weighted by atomic mass is 9.89. The molecule has 2 aromatic heterocycles. The molecule has 1 N–H and O–H groups in total. The normalized spacial score (nSPS) is 12.9. The molecule has 1 saturated carbocycles. The van der Waals surface area contributed by atoms with Gasteiger partial charge < -0.3 is 24.1 Å². The number of hydrogen-bond donors (Lipinski definition) is 1. The largest absolute Gasteiger partial charge is 0.506 e. The highest BCUT2D eigenvalue weighted by atomic mass is 32.1. The standard InChI is InChI=1S/C18H17NO3S2.C17H22O5/c20-12-8-9-13(22-18(21)11-5-2-1-3-6-11)16-15(12)19-17(24-16)14-7-4-10-23-14;1-3-16(18)22-13-7-5-4-6-12-21-15-10-8-14(9-11-15)17(19)20-2/h4,7-11,20H,1-3,5-6H2;3,8-11H,1,4-7,12-13H2,2H3. The molecule has 0 radical (unpaired) electrons. The van der Waals surface area contributed by atoms with Gasteiger partial charge in [0.1, 0.15) is 26.7 Å². The van der Waals surface area contributed by atoms with Crippen LogP contribution in [0.1, 0.15) is 68.1 Å². The summed E-state index contributed by atoms with van der Waals surface area (Å²) in [6.07, 6.45) is 10.1. The van der Waals surface area contributed by atoms with Crippen LogP contribution in [0, 0.1) is 5.92 Å². The van der Waals surface area contributed by atoms with Crippen molar-refractivity contribution in [1.29, 1.82) is 0 Å². The maximum atomic E-state index is 12.4. The van der Waals surface area contributed by atoms with Crippen LogP contribution >= 0.6 is 22.7 Å². The molecule has 0 bridgehead atoms. The zero-order valence-electron chi connectivity index (χ0n) is 25.9. The number of esters is 3. The van der Waals surface area contributed by atoms with Crippen LogP contribution in [0.15, 0.2) is 66.6 Å². The summed E-state index contributed by atoms with van der Waals surface area (Å²) < 4.78 is 21.5. The average Bonchev–Trinajstić information content (AvgIpc) is 3.79. The number of fused-ring (bicyclic) bond motifs is 1. The lowest BCUT2D eigenvalue weighted by Crippen LogP contribution is -2.22. The van der Waals surface area contributed by atoms with E-state index in [0.29, 0.717) is 30.0 Å². The second-order valence-corrected chi connectivity index (χ2v) is 12.6. The fourth-order valence-electron chi connectivity index (χ4n) is 4.87. The smallest absolute Gasteiger partial charge is 0.337 e. The van der Waals surface area contributed by atoms with Crippen molar-refractivity contribution in [2.75, 3.05) is 20.3 Å². The van der Waals surface area contributed by atoms with Crippen LogP contribution in [0.4, 0.5) is 0 Å². The van der Waals surface area contributed by atoms with E-state index in [2.05, 4.69) is 16.3 Å². The molecule has 1 aliphatic carbocycles. The Morgan fingerprint density at radius 1 is 0.978 bits per heavy atom. The Hall–Kier alpha value is -4.22. The van der Waals surface area contributed by atoms with Gasteiger partial charge in [-0.1, -0.05) is 31.9 Å². The van der Waals surface area contributed by atoms with E-state index in [1.165, 1.54) is 30.9 Å². The van der Waals surface area contributed by atoms with E-state index in [-0.39, 0.29) is 29.6 Å². The zero-order valence-corrected chi connectivity index (χ0v) is 27.5. The zero-order chi connectivity index (χ0) is 32.7. The molecule has 9 nitrogen and oxygen atoms in total. The first-order valence-electron chi connectivity index (χ1n) is 15.4. The van der Waals surface area contributed by atoms with E-state index >= 15 is 0 Å². The number of aromatic hydroxyl groups is 1. The number of carbonyl (C=O) groups excluding carboxylic acids is 3. The monoisotopic (exact) mass is 665 g/mol. The van der Waals surface area contributed by atoms with Gasteiger partial charge in [-0.15, -0.1) is 22.7 Å². The first-order valence-corrected chi connectivity index (χ1v) is 17.1. The summed E-state index contributed by atoms with van der Waals surface area (Å²) in [5.41, 5.74) is 1.00. The quantitative estimate of drug-likeness (QED) is 0.0650. The second kappa shape index (κ2) is 18.1. The Balaban J connectivity index is 0.000000210. The Labute approximate surface area is 276 Å². The molecular formula is C35H39NO8S2. The van der Waals surface area contributed by atoms with Crippen LogP contribution in [-0.2, 0) is 19.1 Å². The molecule has 0 spiro atoms.